The highest BCUT2D eigenvalue weighted by molar-refractivity contribution is 5.98. The van der Waals surface area contributed by atoms with E-state index in [4.69, 9.17) is 0 Å². The largest absolute Gasteiger partial charge is 0.506 e. The van der Waals surface area contributed by atoms with E-state index in [9.17, 15) is 30.0 Å². The molecule has 0 aliphatic rings. The van der Waals surface area contributed by atoms with Crippen LogP contribution in [0.15, 0.2) is 94.9 Å². The summed E-state index contributed by atoms with van der Waals surface area (Å²) in [6.07, 6.45) is 2.78. The predicted molar refractivity (Wildman–Crippen MR) is 137 cm³/mol. The molecule has 0 fully saturated rings. The Kier molecular flexibility index (Phi) is 6.87. The molecule has 0 bridgehead atoms. The van der Waals surface area contributed by atoms with Crippen LogP contribution in [-0.4, -0.2) is 44.8 Å². The molecule has 4 aromatic carbocycles. The Morgan fingerprint density at radius 1 is 0.556 bits per heavy atom. The van der Waals surface area contributed by atoms with Gasteiger partial charge in [-0.3, -0.25) is 9.98 Å². The minimum absolute atomic E-state index is 0.220. The lowest BCUT2D eigenvalue weighted by Gasteiger charge is -2.09. The summed E-state index contributed by atoms with van der Waals surface area (Å²) in [4.78, 5) is 31.6. The fourth-order valence-corrected chi connectivity index (χ4v) is 3.58. The zero-order valence-electron chi connectivity index (χ0n) is 18.7. The van der Waals surface area contributed by atoms with E-state index in [0.29, 0.717) is 11.4 Å². The van der Waals surface area contributed by atoms with Crippen molar-refractivity contribution in [2.75, 3.05) is 0 Å². The molecule has 0 aliphatic heterocycles. The van der Waals surface area contributed by atoms with Crippen LogP contribution in [0.25, 0.3) is 11.1 Å². The van der Waals surface area contributed by atoms with E-state index in [1.54, 1.807) is 36.4 Å². The first kappa shape index (κ1) is 23.9. The summed E-state index contributed by atoms with van der Waals surface area (Å²) in [5.41, 5.74) is 2.61. The quantitative estimate of drug-likeness (QED) is 0.252. The van der Waals surface area contributed by atoms with Crippen molar-refractivity contribution in [3.63, 3.8) is 0 Å². The number of aromatic carboxylic acids is 2. The summed E-state index contributed by atoms with van der Waals surface area (Å²) >= 11 is 0. The lowest BCUT2D eigenvalue weighted by Crippen LogP contribution is -1.98. The molecule has 0 aliphatic carbocycles. The third kappa shape index (κ3) is 4.97. The number of carboxylic acid groups (broad SMARTS) is 2. The highest BCUT2D eigenvalue weighted by Crippen LogP contribution is 2.37. The molecule has 8 heteroatoms. The van der Waals surface area contributed by atoms with Crippen LogP contribution in [0, 0.1) is 0 Å². The van der Waals surface area contributed by atoms with Gasteiger partial charge in [0.2, 0.25) is 0 Å². The molecule has 0 saturated carbocycles. The number of para-hydroxylation sites is 4. The molecule has 4 N–H and O–H groups in total. The normalized spacial score (nSPS) is 11.2. The van der Waals surface area contributed by atoms with Crippen molar-refractivity contribution in [2.45, 2.75) is 0 Å². The van der Waals surface area contributed by atoms with Gasteiger partial charge in [0.15, 0.2) is 0 Å². The third-order valence-electron chi connectivity index (χ3n) is 5.38. The number of carboxylic acids is 2. The minimum Gasteiger partial charge on any atom is -0.506 e. The van der Waals surface area contributed by atoms with E-state index >= 15 is 0 Å². The maximum Gasteiger partial charge on any atom is 0.339 e. The lowest BCUT2D eigenvalue weighted by molar-refractivity contribution is 0.0682. The Morgan fingerprint density at radius 3 is 1.33 bits per heavy atom. The van der Waals surface area contributed by atoms with Gasteiger partial charge in [0, 0.05) is 34.7 Å². The maximum absolute atomic E-state index is 11.3. The second-order valence-electron chi connectivity index (χ2n) is 7.65. The molecule has 0 atom stereocenters. The molecule has 0 heterocycles. The minimum atomic E-state index is -1.24. The molecule has 0 radical (unpaired) electrons. The molecule has 8 nitrogen and oxygen atoms in total. The van der Waals surface area contributed by atoms with Crippen molar-refractivity contribution in [2.24, 2.45) is 9.98 Å². The molecule has 0 amide bonds. The van der Waals surface area contributed by atoms with Gasteiger partial charge in [-0.25, -0.2) is 9.59 Å². The highest BCUT2D eigenvalue weighted by Gasteiger charge is 2.14. The fraction of sp³-hybridized carbons (Fsp3) is 0. The van der Waals surface area contributed by atoms with Gasteiger partial charge in [0.25, 0.3) is 0 Å². The molecule has 4 rings (SSSR count). The van der Waals surface area contributed by atoms with Gasteiger partial charge in [-0.2, -0.15) is 0 Å². The van der Waals surface area contributed by atoms with Crippen LogP contribution in [0.5, 0.6) is 11.5 Å². The first-order valence-corrected chi connectivity index (χ1v) is 10.7. The lowest BCUT2D eigenvalue weighted by atomic mass is 10.0. The second-order valence-corrected chi connectivity index (χ2v) is 7.65. The molecular formula is C28H20N2O6. The smallest absolute Gasteiger partial charge is 0.339 e. The first-order chi connectivity index (χ1) is 17.4. The second kappa shape index (κ2) is 10.4. The molecular weight excluding hydrogens is 460 g/mol. The maximum atomic E-state index is 11.3. The fourth-order valence-electron chi connectivity index (χ4n) is 3.58. The number of aliphatic imine (C=N–C) groups is 2. The van der Waals surface area contributed by atoms with Gasteiger partial charge < -0.3 is 20.4 Å². The van der Waals surface area contributed by atoms with E-state index in [2.05, 4.69) is 9.98 Å². The first-order valence-electron chi connectivity index (χ1n) is 10.7. The standard InChI is InChI=1S/C28H20N2O6/c31-25-17(7-5-11-21(25)27(33)34)15-29-23-13-3-1-9-19(23)20-10-2-4-14-24(20)30-16-18-8-6-12-22(26(18)32)28(35)36/h1-16,31-32H,(H,33,34)(H,35,36). The molecule has 0 aromatic heterocycles. The topological polar surface area (TPSA) is 140 Å². The zero-order valence-corrected chi connectivity index (χ0v) is 18.7. The molecule has 36 heavy (non-hydrogen) atoms. The highest BCUT2D eigenvalue weighted by atomic mass is 16.4. The van der Waals surface area contributed by atoms with Crippen LogP contribution < -0.4 is 0 Å². The average Bonchev–Trinajstić information content (AvgIpc) is 2.87. The SMILES string of the molecule is O=C(O)c1cccc(C=Nc2ccccc2-c2ccccc2N=Cc2cccc(C(=O)O)c2O)c1O. The van der Waals surface area contributed by atoms with Crippen LogP contribution in [0.2, 0.25) is 0 Å². The van der Waals surface area contributed by atoms with E-state index < -0.39 is 11.9 Å². The molecule has 0 spiro atoms. The number of phenols is 2. The van der Waals surface area contributed by atoms with Crippen LogP contribution in [0.1, 0.15) is 31.8 Å². The van der Waals surface area contributed by atoms with Gasteiger partial charge in [-0.1, -0.05) is 48.5 Å². The van der Waals surface area contributed by atoms with E-state index in [1.165, 1.54) is 36.7 Å². The van der Waals surface area contributed by atoms with Crippen LogP contribution in [-0.2, 0) is 0 Å². The number of carbonyl (C=O) groups is 2. The summed E-state index contributed by atoms with van der Waals surface area (Å²) in [6, 6.07) is 23.3. The molecule has 0 saturated heterocycles. The molecule has 0 unspecified atom stereocenters. The zero-order chi connectivity index (χ0) is 25.7. The number of aromatic hydroxyl groups is 2. The van der Waals surface area contributed by atoms with E-state index in [-0.39, 0.29) is 33.8 Å². The van der Waals surface area contributed by atoms with Gasteiger partial charge in [-0.15, -0.1) is 0 Å². The monoisotopic (exact) mass is 480 g/mol. The number of nitrogens with zero attached hydrogens (tertiary/aromatic N) is 2. The Hall–Kier alpha value is -5.24. The van der Waals surface area contributed by atoms with Gasteiger partial charge >= 0.3 is 11.9 Å². The van der Waals surface area contributed by atoms with Gasteiger partial charge in [0.1, 0.15) is 22.6 Å². The summed E-state index contributed by atoms with van der Waals surface area (Å²) < 4.78 is 0. The van der Waals surface area contributed by atoms with Gasteiger partial charge in [0.05, 0.1) is 11.4 Å². The Bertz CT molecular complexity index is 1410. The number of hydrogen-bond donors (Lipinski definition) is 4. The van der Waals surface area contributed by atoms with Crippen molar-refractivity contribution < 1.29 is 30.0 Å². The summed E-state index contributed by atoms with van der Waals surface area (Å²) in [6.45, 7) is 0. The Labute approximate surface area is 205 Å². The summed E-state index contributed by atoms with van der Waals surface area (Å²) in [5.74, 6) is -3.23. The van der Waals surface area contributed by atoms with Crippen LogP contribution in [0.3, 0.4) is 0 Å². The Balaban J connectivity index is 1.73. The molecule has 178 valence electrons. The van der Waals surface area contributed by atoms with Crippen molar-refractivity contribution >= 4 is 35.7 Å². The van der Waals surface area contributed by atoms with Crippen molar-refractivity contribution in [1.82, 2.24) is 0 Å². The van der Waals surface area contributed by atoms with Crippen LogP contribution in [0.4, 0.5) is 11.4 Å². The van der Waals surface area contributed by atoms with E-state index in [1.807, 2.05) is 24.3 Å². The van der Waals surface area contributed by atoms with Crippen molar-refractivity contribution in [3.8, 4) is 22.6 Å². The van der Waals surface area contributed by atoms with Gasteiger partial charge in [-0.05, 0) is 36.4 Å². The van der Waals surface area contributed by atoms with Crippen molar-refractivity contribution in [3.05, 3.63) is 107 Å². The Morgan fingerprint density at radius 2 is 0.944 bits per heavy atom. The number of rotatable bonds is 7. The predicted octanol–water partition coefficient (Wildman–Crippen LogP) is 5.66. The third-order valence-corrected chi connectivity index (χ3v) is 5.38. The van der Waals surface area contributed by atoms with E-state index in [0.717, 1.165) is 11.1 Å². The van der Waals surface area contributed by atoms with Crippen molar-refractivity contribution in [1.29, 1.82) is 0 Å². The number of hydrogen-bond acceptors (Lipinski definition) is 6. The number of benzene rings is 4. The average molecular weight is 480 g/mol. The summed E-state index contributed by atoms with van der Waals surface area (Å²) in [5, 5.41) is 39.0. The summed E-state index contributed by atoms with van der Waals surface area (Å²) in [7, 11) is 0. The van der Waals surface area contributed by atoms with Crippen LogP contribution >= 0.6 is 0 Å². The molecule has 4 aromatic rings.